The fourth-order valence-corrected chi connectivity index (χ4v) is 8.43. The number of hydrogen-bond acceptors (Lipinski definition) is 5. The summed E-state index contributed by atoms with van der Waals surface area (Å²) < 4.78 is 4.73. The minimum atomic E-state index is -0.956. The Labute approximate surface area is 318 Å². The Kier molecular flexibility index (Phi) is 11.8. The third-order valence-corrected chi connectivity index (χ3v) is 11.4. The van der Waals surface area contributed by atoms with E-state index in [1.807, 2.05) is 44.3 Å². The van der Waals surface area contributed by atoms with E-state index < -0.39 is 5.60 Å². The van der Waals surface area contributed by atoms with E-state index in [0.717, 1.165) is 97.0 Å². The van der Waals surface area contributed by atoms with Crippen LogP contribution in [0.3, 0.4) is 0 Å². The zero-order chi connectivity index (χ0) is 35.7. The molecule has 274 valence electrons. The van der Waals surface area contributed by atoms with Crippen LogP contribution in [-0.2, 0) is 50.8 Å². The number of fused-ring (bicyclic) bond motifs is 6. The van der Waals surface area contributed by atoms with E-state index in [1.54, 1.807) is 12.4 Å². The van der Waals surface area contributed by atoms with Gasteiger partial charge in [-0.2, -0.15) is 0 Å². The van der Waals surface area contributed by atoms with E-state index in [4.69, 9.17) is 23.2 Å². The molecular weight excluding hydrogens is 687 g/mol. The fourth-order valence-electron chi connectivity index (χ4n) is 7.90. The van der Waals surface area contributed by atoms with Crippen LogP contribution in [0.2, 0.25) is 10.0 Å². The van der Waals surface area contributed by atoms with Crippen LogP contribution in [0, 0.1) is 6.92 Å². The largest absolute Gasteiger partial charge is 0.384 e. The second-order valence-electron chi connectivity index (χ2n) is 14.5. The Hall–Kier alpha value is -3.72. The summed E-state index contributed by atoms with van der Waals surface area (Å²) >= 11 is 13.2. The molecule has 7 nitrogen and oxygen atoms in total. The number of hydrogen-bond donors (Lipinski definition) is 1. The molecule has 0 spiro atoms. The summed E-state index contributed by atoms with van der Waals surface area (Å²) in [6, 6.07) is 20.5. The average Bonchev–Trinajstić information content (AvgIpc) is 3.42. The van der Waals surface area contributed by atoms with Crippen molar-refractivity contribution in [3.63, 3.8) is 0 Å². The van der Waals surface area contributed by atoms with Crippen molar-refractivity contribution in [2.24, 2.45) is 0 Å². The highest BCUT2D eigenvalue weighted by Gasteiger charge is 2.29. The molecule has 9 heteroatoms. The van der Waals surface area contributed by atoms with Gasteiger partial charge in [0, 0.05) is 103 Å². The lowest BCUT2D eigenvalue weighted by atomic mass is 9.97. The number of pyridine rings is 2. The highest BCUT2D eigenvalue weighted by Crippen LogP contribution is 2.38. The lowest BCUT2D eigenvalue weighted by Gasteiger charge is -2.26. The molecule has 0 saturated carbocycles. The van der Waals surface area contributed by atoms with Crippen molar-refractivity contribution in [3.8, 4) is 0 Å². The first kappa shape index (κ1) is 38.0. The van der Waals surface area contributed by atoms with Crippen LogP contribution in [0.25, 0.3) is 21.8 Å². The molecule has 1 atom stereocenters. The van der Waals surface area contributed by atoms with E-state index in [2.05, 4.69) is 79.4 Å². The van der Waals surface area contributed by atoms with Gasteiger partial charge in [0.1, 0.15) is 5.60 Å². The Morgan fingerprint density at radius 2 is 1.44 bits per heavy atom. The van der Waals surface area contributed by atoms with Crippen molar-refractivity contribution in [1.29, 1.82) is 0 Å². The van der Waals surface area contributed by atoms with Crippen molar-refractivity contribution < 1.29 is 5.11 Å². The van der Waals surface area contributed by atoms with E-state index in [9.17, 15) is 5.11 Å². The Morgan fingerprint density at radius 1 is 0.769 bits per heavy atom. The van der Waals surface area contributed by atoms with E-state index in [-0.39, 0.29) is 7.43 Å². The molecule has 6 heterocycles. The van der Waals surface area contributed by atoms with E-state index >= 15 is 0 Å². The van der Waals surface area contributed by atoms with Gasteiger partial charge in [-0.05, 0) is 94.2 Å². The SMILES string of the molecule is C.CN1CCc2c(n(CC(C)(O)c3cccnc3)c3ccccc23)CC1.Cc1ccc(CCn2c3c(c4c(Cl)ccc(Cl)c42)CCN(C)CC3)cn1. The molecular formula is C43H52Cl2N6O. The van der Waals surface area contributed by atoms with E-state index in [0.29, 0.717) is 6.54 Å². The van der Waals surface area contributed by atoms with Crippen molar-refractivity contribution in [2.75, 3.05) is 40.3 Å². The Morgan fingerprint density at radius 3 is 2.13 bits per heavy atom. The number of para-hydroxylation sites is 1. The van der Waals surface area contributed by atoms with Crippen molar-refractivity contribution in [1.82, 2.24) is 28.9 Å². The maximum Gasteiger partial charge on any atom is 0.106 e. The Balaban J connectivity index is 0.000000175. The molecule has 0 bridgehead atoms. The topological polar surface area (TPSA) is 62.4 Å². The van der Waals surface area contributed by atoms with Crippen molar-refractivity contribution in [3.05, 3.63) is 129 Å². The number of nitrogens with zero attached hydrogens (tertiary/aromatic N) is 6. The highest BCUT2D eigenvalue weighted by atomic mass is 35.5. The standard InChI is InChI=1S/C21H23Cl2N3.C21H25N3O.CH4/c1-14-3-4-15(13-24-14)7-12-26-19-9-11-25(2)10-8-16(19)20-17(22)5-6-18(23)21(20)26;1-21(25,16-6-5-11-22-14-16)15-24-19-8-4-3-7-17(19)18-9-12-23(2)13-10-20(18)24;/h3-6,13H,7-12H2,1-2H3;3-8,11,14,25H,9-10,12-13,15H2,1-2H3;1H4. The predicted octanol–water partition coefficient (Wildman–Crippen LogP) is 8.54. The smallest absolute Gasteiger partial charge is 0.106 e. The van der Waals surface area contributed by atoms with Crippen LogP contribution >= 0.6 is 23.2 Å². The van der Waals surface area contributed by atoms with Crippen LogP contribution in [0.4, 0.5) is 0 Å². The van der Waals surface area contributed by atoms with Gasteiger partial charge < -0.3 is 24.0 Å². The molecule has 0 amide bonds. The number of halogens is 2. The molecule has 8 rings (SSSR count). The lowest BCUT2D eigenvalue weighted by Crippen LogP contribution is -2.29. The number of aryl methyl sites for hydroxylation is 3. The van der Waals surface area contributed by atoms with Crippen LogP contribution < -0.4 is 0 Å². The molecule has 2 aliphatic rings. The van der Waals surface area contributed by atoms with Crippen molar-refractivity contribution >= 4 is 45.0 Å². The summed E-state index contributed by atoms with van der Waals surface area (Å²) in [7, 11) is 4.37. The maximum absolute atomic E-state index is 11.2. The maximum atomic E-state index is 11.2. The lowest BCUT2D eigenvalue weighted by molar-refractivity contribution is 0.0384. The van der Waals surface area contributed by atoms with Gasteiger partial charge in [0.05, 0.1) is 22.1 Å². The summed E-state index contributed by atoms with van der Waals surface area (Å²) in [6.07, 6.45) is 10.5. The quantitative estimate of drug-likeness (QED) is 0.186. The van der Waals surface area contributed by atoms with Gasteiger partial charge in [-0.15, -0.1) is 0 Å². The molecule has 2 aliphatic heterocycles. The number of likely N-dealkylation sites (N-methyl/N-ethyl adjacent to an activating group) is 2. The van der Waals surface area contributed by atoms with Crippen LogP contribution in [0.1, 0.15) is 53.7 Å². The molecule has 0 aliphatic carbocycles. The van der Waals surface area contributed by atoms with Gasteiger partial charge >= 0.3 is 0 Å². The third-order valence-electron chi connectivity index (χ3n) is 10.8. The number of aromatic nitrogens is 4. The molecule has 0 radical (unpaired) electrons. The van der Waals surface area contributed by atoms with Gasteiger partial charge in [0.2, 0.25) is 0 Å². The first-order valence-corrected chi connectivity index (χ1v) is 18.8. The number of rotatable bonds is 6. The van der Waals surface area contributed by atoms with Gasteiger partial charge in [-0.3, -0.25) is 9.97 Å². The summed E-state index contributed by atoms with van der Waals surface area (Å²) in [5.41, 5.74) is 10.1. The summed E-state index contributed by atoms with van der Waals surface area (Å²) in [6.45, 7) is 9.58. The van der Waals surface area contributed by atoms with Crippen LogP contribution in [-0.4, -0.2) is 74.3 Å². The van der Waals surface area contributed by atoms with E-state index in [1.165, 1.54) is 39.0 Å². The van der Waals surface area contributed by atoms with Crippen LogP contribution in [0.15, 0.2) is 79.3 Å². The minimum absolute atomic E-state index is 0. The van der Waals surface area contributed by atoms with Crippen molar-refractivity contribution in [2.45, 2.75) is 72.1 Å². The number of aliphatic hydroxyl groups is 1. The second-order valence-corrected chi connectivity index (χ2v) is 15.4. The van der Waals surface area contributed by atoms with Gasteiger partial charge in [-0.1, -0.05) is 61.0 Å². The molecule has 1 N–H and O–H groups in total. The number of benzene rings is 2. The Bertz CT molecular complexity index is 2140. The summed E-state index contributed by atoms with van der Waals surface area (Å²) in [5, 5.41) is 15.2. The zero-order valence-corrected chi connectivity index (χ0v) is 31.7. The molecule has 1 unspecified atom stereocenters. The monoisotopic (exact) mass is 738 g/mol. The second kappa shape index (κ2) is 16.1. The van der Waals surface area contributed by atoms with Gasteiger partial charge in [0.25, 0.3) is 0 Å². The molecule has 4 aromatic heterocycles. The normalized spacial score (nSPS) is 16.2. The third kappa shape index (κ3) is 7.80. The van der Waals surface area contributed by atoms with Gasteiger partial charge in [-0.25, -0.2) is 0 Å². The summed E-state index contributed by atoms with van der Waals surface area (Å²) in [5.74, 6) is 0. The highest BCUT2D eigenvalue weighted by molar-refractivity contribution is 6.40. The first-order chi connectivity index (χ1) is 24.6. The minimum Gasteiger partial charge on any atom is -0.384 e. The average molecular weight is 740 g/mol. The zero-order valence-electron chi connectivity index (χ0n) is 30.2. The summed E-state index contributed by atoms with van der Waals surface area (Å²) in [4.78, 5) is 13.4. The molecule has 52 heavy (non-hydrogen) atoms. The molecule has 0 fully saturated rings. The van der Waals surface area contributed by atoms with Crippen LogP contribution in [0.5, 0.6) is 0 Å². The molecule has 6 aromatic rings. The van der Waals surface area contributed by atoms with Gasteiger partial charge in [0.15, 0.2) is 0 Å². The molecule has 2 aromatic carbocycles. The molecule has 0 saturated heterocycles. The fraction of sp³-hybridized carbons (Fsp3) is 0.395. The first-order valence-electron chi connectivity index (χ1n) is 18.1. The predicted molar refractivity (Wildman–Crippen MR) is 217 cm³/mol.